The molecule has 98 valence electrons. The van der Waals surface area contributed by atoms with Crippen LogP contribution in [-0.4, -0.2) is 42.0 Å². The fourth-order valence-corrected chi connectivity index (χ4v) is 1.77. The maximum Gasteiger partial charge on any atom is 0.120 e. The molecule has 0 aromatic rings. The molecule has 1 N–H and O–H groups in total. The van der Waals surface area contributed by atoms with Crippen LogP contribution in [-0.2, 0) is 4.79 Å². The normalized spacial score (nSPS) is 19.2. The number of hydrogen-bond donors (Lipinski definition) is 1. The molecule has 0 aromatic heterocycles. The van der Waals surface area contributed by atoms with E-state index in [1.54, 1.807) is 0 Å². The Hall–Kier alpha value is -0.410. The summed E-state index contributed by atoms with van der Waals surface area (Å²) >= 11 is 0. The van der Waals surface area contributed by atoms with Crippen LogP contribution in [0.2, 0.25) is 0 Å². The van der Waals surface area contributed by atoms with Crippen LogP contribution < -0.4 is 0 Å². The molecule has 0 amide bonds. The van der Waals surface area contributed by atoms with Gasteiger partial charge in [-0.3, -0.25) is 4.90 Å². The molecule has 0 aromatic carbocycles. The van der Waals surface area contributed by atoms with Crippen LogP contribution in [0, 0.1) is 0 Å². The molecular formula is C13H29NO2. The van der Waals surface area contributed by atoms with E-state index in [4.69, 9.17) is 5.11 Å². The van der Waals surface area contributed by atoms with Crippen molar-refractivity contribution in [2.45, 2.75) is 59.4 Å². The SMILES string of the molecule is CC.CC.O=CCCCN1CCC[C@H]1CO. The maximum absolute atomic E-state index is 10.1. The lowest BCUT2D eigenvalue weighted by atomic mass is 10.2. The van der Waals surface area contributed by atoms with Gasteiger partial charge < -0.3 is 9.90 Å². The van der Waals surface area contributed by atoms with E-state index in [1.165, 1.54) is 6.42 Å². The van der Waals surface area contributed by atoms with Gasteiger partial charge in [-0.25, -0.2) is 0 Å². The predicted octanol–water partition coefficient (Wildman–Crippen LogP) is 2.47. The lowest BCUT2D eigenvalue weighted by molar-refractivity contribution is -0.108. The van der Waals surface area contributed by atoms with Gasteiger partial charge in [-0.05, 0) is 32.4 Å². The molecule has 0 unspecified atom stereocenters. The molecule has 0 saturated carbocycles. The molecule has 1 atom stereocenters. The summed E-state index contributed by atoms with van der Waals surface area (Å²) in [5.74, 6) is 0. The Kier molecular flexibility index (Phi) is 16.4. The Morgan fingerprint density at radius 2 is 1.94 bits per heavy atom. The third-order valence-corrected chi connectivity index (χ3v) is 2.48. The van der Waals surface area contributed by atoms with Crippen LogP contribution in [0.4, 0.5) is 0 Å². The highest BCUT2D eigenvalue weighted by molar-refractivity contribution is 5.49. The van der Waals surface area contributed by atoms with Crippen LogP contribution in [0.25, 0.3) is 0 Å². The predicted molar refractivity (Wildman–Crippen MR) is 69.7 cm³/mol. The number of unbranched alkanes of at least 4 members (excludes halogenated alkanes) is 1. The Morgan fingerprint density at radius 3 is 2.44 bits per heavy atom. The van der Waals surface area contributed by atoms with Crippen LogP contribution in [0.5, 0.6) is 0 Å². The van der Waals surface area contributed by atoms with Gasteiger partial charge in [-0.1, -0.05) is 27.7 Å². The summed E-state index contributed by atoms with van der Waals surface area (Å²) in [6, 6.07) is 0.358. The van der Waals surface area contributed by atoms with Gasteiger partial charge >= 0.3 is 0 Å². The highest BCUT2D eigenvalue weighted by atomic mass is 16.3. The minimum absolute atomic E-state index is 0.265. The van der Waals surface area contributed by atoms with Gasteiger partial charge in [-0.15, -0.1) is 0 Å². The Labute approximate surface area is 101 Å². The molecule has 1 fully saturated rings. The van der Waals surface area contributed by atoms with E-state index in [0.717, 1.165) is 32.2 Å². The zero-order valence-corrected chi connectivity index (χ0v) is 11.4. The quantitative estimate of drug-likeness (QED) is 0.584. The summed E-state index contributed by atoms with van der Waals surface area (Å²) in [6.07, 6.45) is 4.84. The smallest absolute Gasteiger partial charge is 0.120 e. The van der Waals surface area contributed by atoms with Crippen molar-refractivity contribution in [1.29, 1.82) is 0 Å². The molecule has 3 heteroatoms. The monoisotopic (exact) mass is 231 g/mol. The summed E-state index contributed by atoms with van der Waals surface area (Å²) in [6.45, 7) is 10.3. The summed E-state index contributed by atoms with van der Waals surface area (Å²) < 4.78 is 0. The molecule has 1 aliphatic rings. The lowest BCUT2D eigenvalue weighted by Crippen LogP contribution is -2.32. The number of carbonyl (C=O) groups is 1. The van der Waals surface area contributed by atoms with Crippen molar-refractivity contribution in [2.75, 3.05) is 19.7 Å². The minimum atomic E-state index is 0.265. The number of aliphatic hydroxyl groups excluding tert-OH is 1. The van der Waals surface area contributed by atoms with Gasteiger partial charge in [-0.2, -0.15) is 0 Å². The molecule has 0 aliphatic carbocycles. The summed E-state index contributed by atoms with van der Waals surface area (Å²) in [5, 5.41) is 8.98. The summed E-state index contributed by atoms with van der Waals surface area (Å²) in [4.78, 5) is 12.3. The van der Waals surface area contributed by atoms with Crippen molar-refractivity contribution in [1.82, 2.24) is 4.90 Å². The van der Waals surface area contributed by atoms with E-state index in [-0.39, 0.29) is 6.61 Å². The second-order valence-corrected chi connectivity index (χ2v) is 3.32. The second-order valence-electron chi connectivity index (χ2n) is 3.32. The molecule has 16 heavy (non-hydrogen) atoms. The molecule has 1 saturated heterocycles. The number of carbonyl (C=O) groups excluding carboxylic acids is 1. The molecular weight excluding hydrogens is 202 g/mol. The third kappa shape index (κ3) is 7.83. The number of likely N-dealkylation sites (tertiary alicyclic amines) is 1. The van der Waals surface area contributed by atoms with E-state index in [2.05, 4.69) is 4.90 Å². The molecule has 1 heterocycles. The van der Waals surface area contributed by atoms with Crippen molar-refractivity contribution in [3.8, 4) is 0 Å². The fourth-order valence-electron chi connectivity index (χ4n) is 1.77. The molecule has 1 rings (SSSR count). The lowest BCUT2D eigenvalue weighted by Gasteiger charge is -2.21. The van der Waals surface area contributed by atoms with E-state index in [1.807, 2.05) is 27.7 Å². The van der Waals surface area contributed by atoms with Crippen molar-refractivity contribution in [3.63, 3.8) is 0 Å². The van der Waals surface area contributed by atoms with Gasteiger partial charge in [0.1, 0.15) is 6.29 Å². The Balaban J connectivity index is 0. The first-order valence-corrected chi connectivity index (χ1v) is 6.67. The Bertz CT molecular complexity index is 140. The van der Waals surface area contributed by atoms with E-state index in [0.29, 0.717) is 12.5 Å². The number of hydrogen-bond acceptors (Lipinski definition) is 3. The van der Waals surface area contributed by atoms with Crippen LogP contribution in [0.3, 0.4) is 0 Å². The highest BCUT2D eigenvalue weighted by Crippen LogP contribution is 2.16. The van der Waals surface area contributed by atoms with Crippen molar-refractivity contribution >= 4 is 6.29 Å². The van der Waals surface area contributed by atoms with Crippen LogP contribution in [0.15, 0.2) is 0 Å². The topological polar surface area (TPSA) is 40.5 Å². The first-order chi connectivity index (χ1) is 7.88. The van der Waals surface area contributed by atoms with Crippen molar-refractivity contribution < 1.29 is 9.90 Å². The summed E-state index contributed by atoms with van der Waals surface area (Å²) in [7, 11) is 0. The standard InChI is InChI=1S/C9H17NO2.2C2H6/c11-7-2-1-5-10-6-3-4-9(10)8-12;2*1-2/h7,9,12H,1-6,8H2;2*1-2H3/t9-;;/m0../s1. The zero-order valence-electron chi connectivity index (χ0n) is 11.4. The van der Waals surface area contributed by atoms with Crippen molar-refractivity contribution in [3.05, 3.63) is 0 Å². The highest BCUT2D eigenvalue weighted by Gasteiger charge is 2.22. The van der Waals surface area contributed by atoms with Gasteiger partial charge in [0.15, 0.2) is 0 Å². The van der Waals surface area contributed by atoms with E-state index < -0.39 is 0 Å². The number of aliphatic hydroxyl groups is 1. The van der Waals surface area contributed by atoms with Crippen LogP contribution in [0.1, 0.15) is 53.4 Å². The van der Waals surface area contributed by atoms with E-state index >= 15 is 0 Å². The zero-order chi connectivity index (χ0) is 12.8. The van der Waals surface area contributed by atoms with Gasteiger partial charge in [0.2, 0.25) is 0 Å². The first kappa shape index (κ1) is 18.0. The fraction of sp³-hybridized carbons (Fsp3) is 0.923. The van der Waals surface area contributed by atoms with Gasteiger partial charge in [0.25, 0.3) is 0 Å². The number of rotatable bonds is 5. The third-order valence-electron chi connectivity index (χ3n) is 2.48. The van der Waals surface area contributed by atoms with Gasteiger partial charge in [0, 0.05) is 12.5 Å². The second kappa shape index (κ2) is 14.6. The molecule has 3 nitrogen and oxygen atoms in total. The van der Waals surface area contributed by atoms with Gasteiger partial charge in [0.05, 0.1) is 6.61 Å². The minimum Gasteiger partial charge on any atom is -0.395 e. The average Bonchev–Trinajstić information content (AvgIpc) is 2.82. The molecule has 0 bridgehead atoms. The Morgan fingerprint density at radius 1 is 1.31 bits per heavy atom. The maximum atomic E-state index is 10.1. The molecule has 1 aliphatic heterocycles. The number of nitrogens with zero attached hydrogens (tertiary/aromatic N) is 1. The first-order valence-electron chi connectivity index (χ1n) is 6.67. The van der Waals surface area contributed by atoms with Crippen LogP contribution >= 0.6 is 0 Å². The largest absolute Gasteiger partial charge is 0.395 e. The van der Waals surface area contributed by atoms with E-state index in [9.17, 15) is 4.79 Å². The number of aldehydes is 1. The summed E-state index contributed by atoms with van der Waals surface area (Å²) in [5.41, 5.74) is 0. The average molecular weight is 231 g/mol. The molecule has 0 spiro atoms. The van der Waals surface area contributed by atoms with Crippen molar-refractivity contribution in [2.24, 2.45) is 0 Å². The molecule has 0 radical (unpaired) electrons.